The zero-order chi connectivity index (χ0) is 21.2. The molecule has 3 rings (SSSR count). The molecule has 0 spiro atoms. The molecule has 1 N–H and O–H groups in total. The van der Waals surface area contributed by atoms with Gasteiger partial charge in [-0.05, 0) is 44.7 Å². The number of carbonyl (C=O) groups excluding carboxylic acids is 3. The Balaban J connectivity index is 2.12. The molecule has 154 valence electrons. The first kappa shape index (κ1) is 21.0. The average molecular weight is 416 g/mol. The second-order valence-electron chi connectivity index (χ2n) is 7.89. The number of benzene rings is 1. The van der Waals surface area contributed by atoms with E-state index in [1.165, 1.54) is 11.3 Å². The van der Waals surface area contributed by atoms with Gasteiger partial charge in [0.25, 0.3) is 0 Å². The van der Waals surface area contributed by atoms with Crippen LogP contribution in [0.1, 0.15) is 60.8 Å². The van der Waals surface area contributed by atoms with Gasteiger partial charge in [0.1, 0.15) is 11.1 Å². The van der Waals surface area contributed by atoms with Crippen molar-refractivity contribution in [3.8, 4) is 0 Å². The number of carbonyl (C=O) groups is 3. The molecule has 0 saturated heterocycles. The fourth-order valence-corrected chi connectivity index (χ4v) is 4.65. The monoisotopic (exact) mass is 415 g/mol. The second kappa shape index (κ2) is 7.99. The highest BCUT2D eigenvalue weighted by molar-refractivity contribution is 7.10. The van der Waals surface area contributed by atoms with Gasteiger partial charge in [-0.3, -0.25) is 9.59 Å². The van der Waals surface area contributed by atoms with Crippen molar-refractivity contribution in [1.29, 1.82) is 0 Å². The number of nitrogens with one attached hydrogen (secondary N) is 1. The number of esters is 1. The maximum Gasteiger partial charge on any atom is 0.408 e. The van der Waals surface area contributed by atoms with Gasteiger partial charge in [-0.25, -0.2) is 4.79 Å². The molecule has 1 aliphatic rings. The average Bonchev–Trinajstić information content (AvgIpc) is 3.24. The third-order valence-corrected chi connectivity index (χ3v) is 5.75. The fourth-order valence-electron chi connectivity index (χ4n) is 3.72. The van der Waals surface area contributed by atoms with E-state index in [-0.39, 0.29) is 18.8 Å². The Hall–Kier alpha value is -2.67. The smallest absolute Gasteiger partial charge is 0.408 e. The SMILES string of the molecule is CCOC(=O)C[C@@H]1c2ccccc2C(=O)[C@@]1(NC(=O)OC(C)(C)C)c1cccs1. The molecule has 1 heterocycles. The van der Waals surface area contributed by atoms with Gasteiger partial charge in [0, 0.05) is 16.4 Å². The molecule has 29 heavy (non-hydrogen) atoms. The van der Waals surface area contributed by atoms with Crippen LogP contribution in [0, 0.1) is 0 Å². The van der Waals surface area contributed by atoms with E-state index in [4.69, 9.17) is 9.47 Å². The van der Waals surface area contributed by atoms with Gasteiger partial charge in [0.2, 0.25) is 0 Å². The van der Waals surface area contributed by atoms with Crippen LogP contribution in [0.3, 0.4) is 0 Å². The molecule has 2 atom stereocenters. The summed E-state index contributed by atoms with van der Waals surface area (Å²) in [6.07, 6.45) is -0.745. The number of hydrogen-bond donors (Lipinski definition) is 1. The summed E-state index contributed by atoms with van der Waals surface area (Å²) in [4.78, 5) is 39.5. The summed E-state index contributed by atoms with van der Waals surface area (Å²) < 4.78 is 10.6. The van der Waals surface area contributed by atoms with Gasteiger partial charge in [-0.2, -0.15) is 0 Å². The summed E-state index contributed by atoms with van der Waals surface area (Å²) >= 11 is 1.35. The number of hydrogen-bond acceptors (Lipinski definition) is 6. The molecule has 0 saturated carbocycles. The number of alkyl carbamates (subject to hydrolysis) is 1. The maximum atomic E-state index is 13.7. The van der Waals surface area contributed by atoms with Crippen LogP contribution in [0.25, 0.3) is 0 Å². The zero-order valence-electron chi connectivity index (χ0n) is 17.0. The van der Waals surface area contributed by atoms with Crippen LogP contribution in [-0.2, 0) is 19.8 Å². The normalized spacial score (nSPS) is 20.8. The fraction of sp³-hybridized carbons (Fsp3) is 0.409. The van der Waals surface area contributed by atoms with Gasteiger partial charge in [0.15, 0.2) is 5.78 Å². The standard InChI is InChI=1S/C22H25NO5S/c1-5-27-18(24)13-16-14-9-6-7-10-15(14)19(25)22(16,17-11-8-12-29-17)23-20(26)28-21(2,3)4/h6-12,16H,5,13H2,1-4H3,(H,23,26)/t16-,22+/m1/s1. The number of Topliss-reactive ketones (excluding diaryl/α,β-unsaturated/α-hetero) is 1. The molecular weight excluding hydrogens is 390 g/mol. The van der Waals surface area contributed by atoms with Crippen molar-refractivity contribution in [2.75, 3.05) is 6.61 Å². The number of thiophene rings is 1. The van der Waals surface area contributed by atoms with Gasteiger partial charge in [0.05, 0.1) is 13.0 Å². The van der Waals surface area contributed by atoms with Crippen LogP contribution < -0.4 is 5.32 Å². The lowest BCUT2D eigenvalue weighted by Gasteiger charge is -2.35. The molecule has 6 nitrogen and oxygen atoms in total. The Kier molecular flexibility index (Phi) is 5.80. The molecule has 7 heteroatoms. The van der Waals surface area contributed by atoms with Crippen LogP contribution >= 0.6 is 11.3 Å². The van der Waals surface area contributed by atoms with Crippen molar-refractivity contribution in [3.63, 3.8) is 0 Å². The lowest BCUT2D eigenvalue weighted by atomic mass is 9.80. The number of fused-ring (bicyclic) bond motifs is 1. The Bertz CT molecular complexity index is 916. The molecule has 1 amide bonds. The number of amides is 1. The van der Waals surface area contributed by atoms with E-state index in [0.717, 1.165) is 5.56 Å². The topological polar surface area (TPSA) is 81.7 Å². The van der Waals surface area contributed by atoms with Crippen molar-refractivity contribution in [1.82, 2.24) is 5.32 Å². The van der Waals surface area contributed by atoms with E-state index in [2.05, 4.69) is 5.32 Å². The number of ketones is 1. The van der Waals surface area contributed by atoms with Crippen molar-refractivity contribution >= 4 is 29.2 Å². The van der Waals surface area contributed by atoms with Crippen molar-refractivity contribution in [2.24, 2.45) is 0 Å². The Morgan fingerprint density at radius 2 is 1.90 bits per heavy atom. The summed E-state index contributed by atoms with van der Waals surface area (Å²) in [5.41, 5.74) is -0.944. The summed E-state index contributed by atoms with van der Waals surface area (Å²) in [7, 11) is 0. The number of rotatable bonds is 5. The molecule has 1 aliphatic carbocycles. The minimum Gasteiger partial charge on any atom is -0.466 e. The Morgan fingerprint density at radius 1 is 1.17 bits per heavy atom. The van der Waals surface area contributed by atoms with E-state index in [0.29, 0.717) is 10.4 Å². The van der Waals surface area contributed by atoms with Crippen LogP contribution in [0.2, 0.25) is 0 Å². The Morgan fingerprint density at radius 3 is 2.52 bits per heavy atom. The Labute approximate surface area is 174 Å². The molecule has 0 radical (unpaired) electrons. The van der Waals surface area contributed by atoms with E-state index < -0.39 is 29.1 Å². The molecule has 0 aliphatic heterocycles. The zero-order valence-corrected chi connectivity index (χ0v) is 17.8. The lowest BCUT2D eigenvalue weighted by Crippen LogP contribution is -2.53. The van der Waals surface area contributed by atoms with Crippen LogP contribution in [0.5, 0.6) is 0 Å². The van der Waals surface area contributed by atoms with Gasteiger partial charge in [-0.15, -0.1) is 11.3 Å². The highest BCUT2D eigenvalue weighted by atomic mass is 32.1. The molecular formula is C22H25NO5S. The lowest BCUT2D eigenvalue weighted by molar-refractivity contribution is -0.143. The van der Waals surface area contributed by atoms with E-state index in [1.807, 2.05) is 23.6 Å². The second-order valence-corrected chi connectivity index (χ2v) is 8.84. The van der Waals surface area contributed by atoms with Crippen molar-refractivity contribution in [3.05, 3.63) is 57.8 Å². The van der Waals surface area contributed by atoms with Crippen molar-refractivity contribution in [2.45, 2.75) is 51.2 Å². The van der Waals surface area contributed by atoms with Crippen LogP contribution in [-0.4, -0.2) is 30.1 Å². The van der Waals surface area contributed by atoms with Crippen molar-refractivity contribution < 1.29 is 23.9 Å². The summed E-state index contributed by atoms with van der Waals surface area (Å²) in [5, 5.41) is 4.68. The van der Waals surface area contributed by atoms with Gasteiger partial charge in [-0.1, -0.05) is 30.3 Å². The highest BCUT2D eigenvalue weighted by Gasteiger charge is 2.57. The minimum atomic E-state index is -1.42. The minimum absolute atomic E-state index is 0.0374. The molecule has 2 aromatic rings. The third kappa shape index (κ3) is 4.05. The molecule has 0 fully saturated rings. The first-order valence-corrected chi connectivity index (χ1v) is 10.4. The molecule has 1 aromatic carbocycles. The predicted molar refractivity (Wildman–Crippen MR) is 110 cm³/mol. The first-order valence-electron chi connectivity index (χ1n) is 9.53. The highest BCUT2D eigenvalue weighted by Crippen LogP contribution is 2.50. The predicted octanol–water partition coefficient (Wildman–Crippen LogP) is 4.40. The quantitative estimate of drug-likeness (QED) is 0.732. The molecule has 0 unspecified atom stereocenters. The molecule has 1 aromatic heterocycles. The van der Waals surface area contributed by atoms with E-state index >= 15 is 0 Å². The van der Waals surface area contributed by atoms with Gasteiger partial charge >= 0.3 is 12.1 Å². The van der Waals surface area contributed by atoms with Crippen LogP contribution in [0.15, 0.2) is 41.8 Å². The van der Waals surface area contributed by atoms with E-state index in [9.17, 15) is 14.4 Å². The number of ether oxygens (including phenoxy) is 2. The summed E-state index contributed by atoms with van der Waals surface area (Å²) in [5.74, 6) is -1.28. The first-order chi connectivity index (χ1) is 13.7. The third-order valence-electron chi connectivity index (χ3n) is 4.75. The van der Waals surface area contributed by atoms with Gasteiger partial charge < -0.3 is 14.8 Å². The largest absolute Gasteiger partial charge is 0.466 e. The van der Waals surface area contributed by atoms with Crippen LogP contribution in [0.4, 0.5) is 4.79 Å². The van der Waals surface area contributed by atoms with E-state index in [1.54, 1.807) is 45.9 Å². The summed E-state index contributed by atoms with van der Waals surface area (Å²) in [6.45, 7) is 7.24. The molecule has 0 bridgehead atoms. The summed E-state index contributed by atoms with van der Waals surface area (Å²) in [6, 6.07) is 10.8. The maximum absolute atomic E-state index is 13.7.